The van der Waals surface area contributed by atoms with Gasteiger partial charge in [0.15, 0.2) is 0 Å². The quantitative estimate of drug-likeness (QED) is 0.375. The zero-order valence-corrected chi connectivity index (χ0v) is 16.1. The van der Waals surface area contributed by atoms with Crippen molar-refractivity contribution < 1.29 is 0 Å². The van der Waals surface area contributed by atoms with Gasteiger partial charge in [0, 0.05) is 29.5 Å². The van der Waals surface area contributed by atoms with Gasteiger partial charge in [-0.25, -0.2) is 4.40 Å². The molecule has 23 heavy (non-hydrogen) atoms. The van der Waals surface area contributed by atoms with E-state index in [1.54, 1.807) is 0 Å². The Balaban J connectivity index is 3.32. The fraction of sp³-hybridized carbons (Fsp3) is 0.476. The van der Waals surface area contributed by atoms with Gasteiger partial charge in [-0.15, -0.1) is 0 Å². The van der Waals surface area contributed by atoms with Crippen LogP contribution in [0.25, 0.3) is 0 Å². The Hall–Kier alpha value is -1.28. The van der Waals surface area contributed by atoms with Crippen LogP contribution in [0.2, 0.25) is 0 Å². The smallest absolute Gasteiger partial charge is 0.0275 e. The molecule has 1 rings (SSSR count). The molecule has 2 heteroatoms. The molecule has 2 unspecified atom stereocenters. The lowest BCUT2D eigenvalue weighted by Gasteiger charge is -2.26. The molecule has 0 N–H and O–H groups in total. The van der Waals surface area contributed by atoms with Crippen molar-refractivity contribution in [3.8, 4) is 0 Å². The molecule has 0 bridgehead atoms. The zero-order valence-electron chi connectivity index (χ0n) is 15.3. The highest BCUT2D eigenvalue weighted by Gasteiger charge is 2.24. The summed E-state index contributed by atoms with van der Waals surface area (Å²) >= 11 is 1.52. The van der Waals surface area contributed by atoms with E-state index in [1.807, 2.05) is 5.41 Å². The summed E-state index contributed by atoms with van der Waals surface area (Å²) < 4.78 is 4.65. The molecule has 1 aliphatic rings. The van der Waals surface area contributed by atoms with E-state index in [2.05, 4.69) is 76.0 Å². The fourth-order valence-corrected chi connectivity index (χ4v) is 3.46. The number of hydrogen-bond donors (Lipinski definition) is 0. The molecule has 2 atom stereocenters. The van der Waals surface area contributed by atoms with Crippen LogP contribution in [0.4, 0.5) is 0 Å². The second-order valence-corrected chi connectivity index (χ2v) is 6.69. The molecule has 0 saturated heterocycles. The summed E-state index contributed by atoms with van der Waals surface area (Å²) in [7, 11) is 0. The summed E-state index contributed by atoms with van der Waals surface area (Å²) in [6, 6.07) is 0. The molecule has 0 radical (unpaired) electrons. The average molecular weight is 330 g/mol. The van der Waals surface area contributed by atoms with Crippen molar-refractivity contribution in [2.45, 2.75) is 53.9 Å². The largest absolute Gasteiger partial charge is 0.221 e. The molecule has 0 amide bonds. The van der Waals surface area contributed by atoms with Crippen molar-refractivity contribution in [2.75, 3.05) is 0 Å². The van der Waals surface area contributed by atoms with Gasteiger partial charge < -0.3 is 0 Å². The Morgan fingerprint density at radius 1 is 1.22 bits per heavy atom. The van der Waals surface area contributed by atoms with Gasteiger partial charge in [0.1, 0.15) is 0 Å². The number of rotatable bonds is 6. The fourth-order valence-electron chi connectivity index (χ4n) is 2.94. The summed E-state index contributed by atoms with van der Waals surface area (Å²) in [6.45, 7) is 15.2. The predicted octanol–water partition coefficient (Wildman–Crippen LogP) is 7.07. The third-order valence-electron chi connectivity index (χ3n) is 4.43. The Labute approximate surface area is 147 Å². The van der Waals surface area contributed by atoms with Gasteiger partial charge in [0.2, 0.25) is 0 Å². The summed E-state index contributed by atoms with van der Waals surface area (Å²) in [6.07, 6.45) is 14.4. The first-order valence-electron chi connectivity index (χ1n) is 8.64. The minimum Gasteiger partial charge on any atom is -0.221 e. The summed E-state index contributed by atoms with van der Waals surface area (Å²) in [5, 5.41) is 2.03. The van der Waals surface area contributed by atoms with E-state index < -0.39 is 0 Å². The summed E-state index contributed by atoms with van der Waals surface area (Å²) in [4.78, 5) is 0. The lowest BCUT2D eigenvalue weighted by atomic mass is 9.78. The molecule has 126 valence electrons. The Bertz CT molecular complexity index is 540. The maximum atomic E-state index is 4.65. The monoisotopic (exact) mass is 329 g/mol. The molecular formula is C21H31NS. The normalized spacial score (nSPS) is 27.0. The van der Waals surface area contributed by atoms with Crippen LogP contribution in [-0.4, -0.2) is 5.71 Å². The SMILES string of the molecule is C=C(C)/C(=C\C=C(CC)CC)C1/C=C/C=C\S/N=C(/C)C1CC. The van der Waals surface area contributed by atoms with Gasteiger partial charge in [0.25, 0.3) is 0 Å². The molecule has 1 nitrogen and oxygen atoms in total. The molecule has 0 saturated carbocycles. The Morgan fingerprint density at radius 3 is 2.48 bits per heavy atom. The lowest BCUT2D eigenvalue weighted by molar-refractivity contribution is 0.551. The Kier molecular flexibility index (Phi) is 9.01. The van der Waals surface area contributed by atoms with Gasteiger partial charge >= 0.3 is 0 Å². The van der Waals surface area contributed by atoms with Crippen LogP contribution in [0.3, 0.4) is 0 Å². The lowest BCUT2D eigenvalue weighted by Crippen LogP contribution is -2.22. The molecule has 0 aromatic heterocycles. The van der Waals surface area contributed by atoms with E-state index in [0.717, 1.165) is 24.8 Å². The second-order valence-electron chi connectivity index (χ2n) is 6.03. The van der Waals surface area contributed by atoms with E-state index in [4.69, 9.17) is 0 Å². The minimum absolute atomic E-state index is 0.329. The number of hydrogen-bond acceptors (Lipinski definition) is 2. The molecule has 0 fully saturated rings. The van der Waals surface area contributed by atoms with Crippen LogP contribution < -0.4 is 0 Å². The van der Waals surface area contributed by atoms with E-state index in [1.165, 1.54) is 28.8 Å². The van der Waals surface area contributed by atoms with E-state index in [9.17, 15) is 0 Å². The van der Waals surface area contributed by atoms with E-state index in [0.29, 0.717) is 11.8 Å². The second kappa shape index (κ2) is 10.5. The molecular weight excluding hydrogens is 298 g/mol. The van der Waals surface area contributed by atoms with Crippen molar-refractivity contribution in [1.29, 1.82) is 0 Å². The highest BCUT2D eigenvalue weighted by atomic mass is 32.2. The van der Waals surface area contributed by atoms with Crippen LogP contribution in [0.1, 0.15) is 53.9 Å². The van der Waals surface area contributed by atoms with Crippen molar-refractivity contribution in [3.05, 3.63) is 59.1 Å². The number of nitrogens with zero attached hydrogens (tertiary/aromatic N) is 1. The standard InChI is InChI=1S/C21H31NS/c1-7-18(8-2)13-14-20(16(4)5)21-12-10-11-15-23-22-17(6)19(21)9-3/h10-15,19,21H,4,7-9H2,1-3,5-6H3/b12-10+,15-11-,20-14+,22-17-. The third kappa shape index (κ3) is 6.02. The maximum Gasteiger partial charge on any atom is 0.0275 e. The van der Waals surface area contributed by atoms with Gasteiger partial charge in [-0.1, -0.05) is 68.9 Å². The van der Waals surface area contributed by atoms with Gasteiger partial charge in [-0.3, -0.25) is 0 Å². The molecule has 0 aromatic carbocycles. The van der Waals surface area contributed by atoms with Crippen molar-refractivity contribution in [1.82, 2.24) is 0 Å². The Morgan fingerprint density at radius 2 is 1.91 bits per heavy atom. The van der Waals surface area contributed by atoms with Crippen LogP contribution in [-0.2, 0) is 0 Å². The van der Waals surface area contributed by atoms with Crippen LogP contribution in [0.5, 0.6) is 0 Å². The molecule has 0 spiro atoms. The first kappa shape index (κ1) is 19.8. The zero-order chi connectivity index (χ0) is 17.2. The average Bonchev–Trinajstić information content (AvgIpc) is 2.62. The van der Waals surface area contributed by atoms with Crippen LogP contribution in [0, 0.1) is 11.8 Å². The highest BCUT2D eigenvalue weighted by Crippen LogP contribution is 2.32. The van der Waals surface area contributed by atoms with Crippen molar-refractivity contribution >= 4 is 17.7 Å². The van der Waals surface area contributed by atoms with Crippen LogP contribution >= 0.6 is 11.9 Å². The molecule has 1 aliphatic heterocycles. The topological polar surface area (TPSA) is 12.4 Å². The first-order valence-corrected chi connectivity index (χ1v) is 9.47. The third-order valence-corrected chi connectivity index (χ3v) is 5.11. The molecule has 0 aliphatic carbocycles. The summed E-state index contributed by atoms with van der Waals surface area (Å²) in [5.41, 5.74) is 5.15. The minimum atomic E-state index is 0.329. The van der Waals surface area contributed by atoms with E-state index >= 15 is 0 Å². The van der Waals surface area contributed by atoms with Gasteiger partial charge in [-0.2, -0.15) is 0 Å². The first-order chi connectivity index (χ1) is 11.0. The molecule has 1 heterocycles. The highest BCUT2D eigenvalue weighted by molar-refractivity contribution is 8.01. The number of allylic oxidation sites excluding steroid dienone is 8. The van der Waals surface area contributed by atoms with Crippen LogP contribution in [0.15, 0.2) is 63.5 Å². The van der Waals surface area contributed by atoms with Crippen molar-refractivity contribution in [2.24, 2.45) is 16.2 Å². The summed E-state index contributed by atoms with van der Waals surface area (Å²) in [5.74, 6) is 0.748. The van der Waals surface area contributed by atoms with Gasteiger partial charge in [0.05, 0.1) is 0 Å². The van der Waals surface area contributed by atoms with Crippen molar-refractivity contribution in [3.63, 3.8) is 0 Å². The van der Waals surface area contributed by atoms with Gasteiger partial charge in [-0.05, 0) is 44.1 Å². The van der Waals surface area contributed by atoms with E-state index in [-0.39, 0.29) is 0 Å². The predicted molar refractivity (Wildman–Crippen MR) is 108 cm³/mol. The maximum absolute atomic E-state index is 4.65. The molecule has 0 aromatic rings.